The van der Waals surface area contributed by atoms with E-state index in [4.69, 9.17) is 0 Å². The van der Waals surface area contributed by atoms with Crippen LogP contribution in [0.25, 0.3) is 11.3 Å². The largest absolute Gasteiger partial charge is 0.431 e. The summed E-state index contributed by atoms with van der Waals surface area (Å²) in [4.78, 5) is 15.6. The molecule has 2 rings (SSSR count). The van der Waals surface area contributed by atoms with Crippen LogP contribution in [-0.4, -0.2) is 9.97 Å². The normalized spacial score (nSPS) is 11.7. The standard InChI is InChI=1S/C11H4F6N2O/c12-5-1-4(2-6(13)9(5)14)7-3-8(11(15,16)17)19-10(20)18-7/h1-3H,(H,18,19,20). The molecule has 0 saturated heterocycles. The number of rotatable bonds is 1. The summed E-state index contributed by atoms with van der Waals surface area (Å²) in [5.74, 6) is -4.97. The van der Waals surface area contributed by atoms with Gasteiger partial charge in [0.1, 0.15) is 5.69 Å². The van der Waals surface area contributed by atoms with E-state index in [9.17, 15) is 31.1 Å². The van der Waals surface area contributed by atoms with Crippen LogP contribution >= 0.6 is 0 Å². The number of benzene rings is 1. The molecule has 106 valence electrons. The van der Waals surface area contributed by atoms with Gasteiger partial charge in [0.15, 0.2) is 17.5 Å². The lowest BCUT2D eigenvalue weighted by atomic mass is 10.1. The fourth-order valence-corrected chi connectivity index (χ4v) is 1.46. The van der Waals surface area contributed by atoms with Gasteiger partial charge in [0.05, 0.1) is 5.69 Å². The van der Waals surface area contributed by atoms with Gasteiger partial charge in [-0.05, 0) is 18.2 Å². The lowest BCUT2D eigenvalue weighted by molar-refractivity contribution is -0.141. The molecule has 1 aromatic heterocycles. The zero-order valence-electron chi connectivity index (χ0n) is 9.36. The average Bonchev–Trinajstić information content (AvgIpc) is 2.33. The summed E-state index contributed by atoms with van der Waals surface area (Å²) in [6.07, 6.45) is -4.87. The van der Waals surface area contributed by atoms with Crippen molar-refractivity contribution < 1.29 is 26.3 Å². The van der Waals surface area contributed by atoms with Gasteiger partial charge in [-0.25, -0.2) is 18.0 Å². The Hall–Kier alpha value is -2.32. The highest BCUT2D eigenvalue weighted by molar-refractivity contribution is 5.59. The molecular formula is C11H4F6N2O. The second-order valence-electron chi connectivity index (χ2n) is 3.74. The third-order valence-electron chi connectivity index (χ3n) is 2.33. The van der Waals surface area contributed by atoms with E-state index >= 15 is 0 Å². The molecule has 0 radical (unpaired) electrons. The van der Waals surface area contributed by atoms with E-state index in [0.717, 1.165) is 0 Å². The molecule has 0 saturated carbocycles. The van der Waals surface area contributed by atoms with Crippen molar-refractivity contribution in [3.8, 4) is 11.3 Å². The van der Waals surface area contributed by atoms with Crippen molar-refractivity contribution in [3.63, 3.8) is 0 Å². The molecule has 2 aromatic rings. The third-order valence-corrected chi connectivity index (χ3v) is 2.33. The summed E-state index contributed by atoms with van der Waals surface area (Å²) in [6.45, 7) is 0. The van der Waals surface area contributed by atoms with Crippen LogP contribution in [0.1, 0.15) is 5.69 Å². The summed E-state index contributed by atoms with van der Waals surface area (Å²) in [6, 6.07) is 1.29. The van der Waals surface area contributed by atoms with Crippen molar-refractivity contribution in [3.05, 3.63) is 51.8 Å². The number of hydrogen-bond acceptors (Lipinski definition) is 2. The Labute approximate surface area is 106 Å². The molecule has 9 heteroatoms. The van der Waals surface area contributed by atoms with Crippen molar-refractivity contribution >= 4 is 0 Å². The predicted molar refractivity (Wildman–Crippen MR) is 55.2 cm³/mol. The maximum atomic E-state index is 13.0. The van der Waals surface area contributed by atoms with E-state index in [1.54, 1.807) is 0 Å². The van der Waals surface area contributed by atoms with Crippen molar-refractivity contribution in [2.75, 3.05) is 0 Å². The molecule has 0 fully saturated rings. The number of aromatic nitrogens is 2. The fraction of sp³-hybridized carbons (Fsp3) is 0.0909. The van der Waals surface area contributed by atoms with E-state index in [-0.39, 0.29) is 0 Å². The second kappa shape index (κ2) is 4.66. The lowest BCUT2D eigenvalue weighted by Gasteiger charge is -2.08. The Bertz CT molecular complexity index is 699. The zero-order chi connectivity index (χ0) is 15.1. The first kappa shape index (κ1) is 14.1. The van der Waals surface area contributed by atoms with Crippen molar-refractivity contribution in [1.29, 1.82) is 0 Å². The molecule has 20 heavy (non-hydrogen) atoms. The van der Waals surface area contributed by atoms with Crippen LogP contribution in [0.15, 0.2) is 23.0 Å². The fourth-order valence-electron chi connectivity index (χ4n) is 1.46. The molecule has 0 aliphatic carbocycles. The molecule has 0 bridgehead atoms. The Balaban J connectivity index is 2.65. The van der Waals surface area contributed by atoms with Crippen LogP contribution in [0.3, 0.4) is 0 Å². The van der Waals surface area contributed by atoms with Crippen LogP contribution in [0.5, 0.6) is 0 Å². The number of halogens is 6. The Morgan fingerprint density at radius 1 is 1.00 bits per heavy atom. The van der Waals surface area contributed by atoms with Gasteiger partial charge in [0.2, 0.25) is 0 Å². The molecule has 0 unspecified atom stereocenters. The van der Waals surface area contributed by atoms with Gasteiger partial charge in [0.25, 0.3) is 0 Å². The van der Waals surface area contributed by atoms with E-state index in [2.05, 4.69) is 4.98 Å². The van der Waals surface area contributed by atoms with Crippen molar-refractivity contribution in [2.45, 2.75) is 6.18 Å². The van der Waals surface area contributed by atoms with Gasteiger partial charge in [-0.3, -0.25) is 0 Å². The molecule has 0 spiro atoms. The third kappa shape index (κ3) is 2.65. The minimum absolute atomic E-state index is 0.396. The lowest BCUT2D eigenvalue weighted by Crippen LogP contribution is -2.19. The number of hydrogen-bond donors (Lipinski definition) is 1. The number of aromatic amines is 1. The average molecular weight is 294 g/mol. The van der Waals surface area contributed by atoms with Crippen LogP contribution < -0.4 is 5.69 Å². The zero-order valence-corrected chi connectivity index (χ0v) is 9.36. The Morgan fingerprint density at radius 3 is 2.05 bits per heavy atom. The second-order valence-corrected chi connectivity index (χ2v) is 3.74. The quantitative estimate of drug-likeness (QED) is 0.649. The monoisotopic (exact) mass is 294 g/mol. The molecule has 1 heterocycles. The predicted octanol–water partition coefficient (Wildman–Crippen LogP) is 2.87. The molecule has 0 aliphatic heterocycles. The van der Waals surface area contributed by atoms with Crippen LogP contribution in [-0.2, 0) is 6.18 Å². The van der Waals surface area contributed by atoms with Crippen LogP contribution in [0.2, 0.25) is 0 Å². The van der Waals surface area contributed by atoms with Gasteiger partial charge in [-0.2, -0.15) is 18.2 Å². The number of H-pyrrole nitrogens is 1. The summed E-state index contributed by atoms with van der Waals surface area (Å²) >= 11 is 0. The van der Waals surface area contributed by atoms with Gasteiger partial charge in [-0.15, -0.1) is 0 Å². The Kier molecular flexibility index (Phi) is 3.28. The molecular weight excluding hydrogens is 290 g/mol. The molecule has 1 N–H and O–H groups in total. The van der Waals surface area contributed by atoms with E-state index < -0.39 is 46.3 Å². The Morgan fingerprint density at radius 2 is 1.55 bits per heavy atom. The highest BCUT2D eigenvalue weighted by Crippen LogP contribution is 2.29. The number of nitrogens with one attached hydrogen (secondary N) is 1. The van der Waals surface area contributed by atoms with E-state index in [1.165, 1.54) is 4.98 Å². The van der Waals surface area contributed by atoms with Gasteiger partial charge in [-0.1, -0.05) is 0 Å². The summed E-state index contributed by atoms with van der Waals surface area (Å²) in [7, 11) is 0. The van der Waals surface area contributed by atoms with Gasteiger partial charge in [0, 0.05) is 5.56 Å². The summed E-state index contributed by atoms with van der Waals surface area (Å²) < 4.78 is 76.2. The van der Waals surface area contributed by atoms with Crippen LogP contribution in [0.4, 0.5) is 26.3 Å². The molecule has 0 atom stereocenters. The summed E-state index contributed by atoms with van der Waals surface area (Å²) in [5, 5.41) is 0. The maximum absolute atomic E-state index is 13.0. The maximum Gasteiger partial charge on any atom is 0.431 e. The first-order valence-corrected chi connectivity index (χ1v) is 5.02. The van der Waals surface area contributed by atoms with Crippen molar-refractivity contribution in [1.82, 2.24) is 9.97 Å². The first-order valence-electron chi connectivity index (χ1n) is 5.02. The first-order chi connectivity index (χ1) is 9.18. The minimum Gasteiger partial charge on any atom is -0.302 e. The van der Waals surface area contributed by atoms with Gasteiger partial charge >= 0.3 is 11.9 Å². The van der Waals surface area contributed by atoms with Crippen molar-refractivity contribution in [2.24, 2.45) is 0 Å². The van der Waals surface area contributed by atoms with E-state index in [1.807, 2.05) is 0 Å². The molecule has 3 nitrogen and oxygen atoms in total. The SMILES string of the molecule is O=c1nc(-c2cc(F)c(F)c(F)c2)cc(C(F)(F)F)[nH]1. The molecule has 1 aromatic carbocycles. The molecule has 0 aliphatic rings. The highest BCUT2D eigenvalue weighted by atomic mass is 19.4. The minimum atomic E-state index is -4.87. The summed E-state index contributed by atoms with van der Waals surface area (Å²) in [5.41, 5.74) is -3.89. The van der Waals surface area contributed by atoms with E-state index in [0.29, 0.717) is 18.2 Å². The molecule has 0 amide bonds. The topological polar surface area (TPSA) is 45.8 Å². The smallest absolute Gasteiger partial charge is 0.302 e. The number of alkyl halides is 3. The van der Waals surface area contributed by atoms with Crippen LogP contribution in [0, 0.1) is 17.5 Å². The van der Waals surface area contributed by atoms with Gasteiger partial charge < -0.3 is 4.98 Å². The highest BCUT2D eigenvalue weighted by Gasteiger charge is 2.32. The number of nitrogens with zero attached hydrogens (tertiary/aromatic N) is 1.